The fourth-order valence-electron chi connectivity index (χ4n) is 5.30. The number of anilines is 1. The van der Waals surface area contributed by atoms with E-state index in [-0.39, 0.29) is 18.1 Å². The van der Waals surface area contributed by atoms with Crippen molar-refractivity contribution in [3.8, 4) is 11.4 Å². The molecule has 0 aliphatic heterocycles. The third-order valence-electron chi connectivity index (χ3n) is 8.07. The van der Waals surface area contributed by atoms with Crippen LogP contribution in [0.25, 0.3) is 17.0 Å². The molecule has 9 heteroatoms. The molecule has 0 aliphatic rings. The highest BCUT2D eigenvalue weighted by atomic mass is 35.5. The normalized spacial score (nSPS) is 12.6. The van der Waals surface area contributed by atoms with Gasteiger partial charge in [0, 0.05) is 16.7 Å². The highest BCUT2D eigenvalue weighted by molar-refractivity contribution is 6.34. The number of nitrogens with one attached hydrogen (secondary N) is 2. The van der Waals surface area contributed by atoms with Gasteiger partial charge < -0.3 is 14.8 Å². The lowest BCUT2D eigenvalue weighted by Gasteiger charge is -2.16. The summed E-state index contributed by atoms with van der Waals surface area (Å²) in [4.78, 5) is 17.1. The number of aromatic amines is 1. The van der Waals surface area contributed by atoms with Crippen molar-refractivity contribution in [2.75, 3.05) is 18.7 Å². The van der Waals surface area contributed by atoms with Gasteiger partial charge in [0.05, 0.1) is 12.3 Å². The fourth-order valence-corrected chi connectivity index (χ4v) is 5.74. The maximum absolute atomic E-state index is 12.5. The second-order valence-electron chi connectivity index (χ2n) is 12.9. The molecule has 2 heterocycles. The molecule has 0 spiro atoms. The summed E-state index contributed by atoms with van der Waals surface area (Å²) in [5.41, 5.74) is 3.14. The molecule has 1 unspecified atom stereocenters. The van der Waals surface area contributed by atoms with Gasteiger partial charge in [0.15, 0.2) is 17.6 Å². The Labute approximate surface area is 270 Å². The average Bonchev–Trinajstić information content (AvgIpc) is 3.57. The molecule has 1 aromatic carbocycles. The van der Waals surface area contributed by atoms with Crippen molar-refractivity contribution < 1.29 is 14.3 Å². The second-order valence-corrected chi connectivity index (χ2v) is 13.3. The van der Waals surface area contributed by atoms with Crippen LogP contribution in [0.15, 0.2) is 24.3 Å². The number of fused-ring (bicyclic) bond motifs is 1. The number of H-pyrrole nitrogens is 1. The van der Waals surface area contributed by atoms with E-state index in [0.29, 0.717) is 29.5 Å². The molecule has 246 valence electrons. The SMILES string of the molecule is CCCCCCCCCCCCCCCCOC(=O)C(CC)OCNc1ccc(-c2nc3c(Cl)c(C(C)(C)C)[nH]n3n2)cc1. The Morgan fingerprint density at radius 1 is 0.909 bits per heavy atom. The zero-order valence-corrected chi connectivity index (χ0v) is 28.6. The molecule has 0 saturated heterocycles. The molecule has 2 N–H and O–H groups in total. The van der Waals surface area contributed by atoms with Crippen LogP contribution in [0.5, 0.6) is 0 Å². The lowest BCUT2D eigenvalue weighted by Crippen LogP contribution is -2.28. The average molecular weight is 630 g/mol. The smallest absolute Gasteiger partial charge is 0.335 e. The molecule has 2 aromatic heterocycles. The first-order valence-electron chi connectivity index (χ1n) is 17.0. The topological polar surface area (TPSA) is 93.5 Å². The van der Waals surface area contributed by atoms with Crippen LogP contribution >= 0.6 is 11.6 Å². The van der Waals surface area contributed by atoms with E-state index in [1.54, 1.807) is 4.63 Å². The Morgan fingerprint density at radius 2 is 1.48 bits per heavy atom. The molecule has 8 nitrogen and oxygen atoms in total. The number of rotatable bonds is 22. The monoisotopic (exact) mass is 629 g/mol. The molecular formula is C35H56ClN5O3. The van der Waals surface area contributed by atoms with Crippen LogP contribution < -0.4 is 5.32 Å². The third kappa shape index (κ3) is 11.7. The van der Waals surface area contributed by atoms with Gasteiger partial charge in [-0.1, -0.05) is 130 Å². The molecule has 44 heavy (non-hydrogen) atoms. The van der Waals surface area contributed by atoms with Crippen molar-refractivity contribution in [3.63, 3.8) is 0 Å². The second kappa shape index (κ2) is 19.1. The quantitative estimate of drug-likeness (QED) is 0.0652. The standard InChI is InChI=1S/C35H56ClN5O3/c1-6-8-9-10-11-12-13-14-15-16-17-18-19-20-25-43-34(42)29(7-2)44-26-37-28-23-21-27(22-24-28)32-38-33-30(36)31(35(3,4)5)39-41(33)40-32/h21-24,29,37,39H,6-20,25-26H2,1-5H3. The predicted molar refractivity (Wildman–Crippen MR) is 181 cm³/mol. The van der Waals surface area contributed by atoms with E-state index < -0.39 is 6.10 Å². The van der Waals surface area contributed by atoms with Crippen molar-refractivity contribution in [1.82, 2.24) is 19.8 Å². The van der Waals surface area contributed by atoms with E-state index in [2.05, 4.69) is 48.2 Å². The first kappa shape index (κ1) is 35.9. The Kier molecular flexibility index (Phi) is 15.5. The summed E-state index contributed by atoms with van der Waals surface area (Å²) < 4.78 is 12.9. The number of carbonyl (C=O) groups excluding carboxylic acids is 1. The van der Waals surface area contributed by atoms with Crippen molar-refractivity contribution in [1.29, 1.82) is 0 Å². The summed E-state index contributed by atoms with van der Waals surface area (Å²) in [6.07, 6.45) is 18.3. The number of benzene rings is 1. The number of carbonyl (C=O) groups is 1. The highest BCUT2D eigenvalue weighted by Crippen LogP contribution is 2.32. The lowest BCUT2D eigenvalue weighted by atomic mass is 9.92. The van der Waals surface area contributed by atoms with Gasteiger partial charge in [0.1, 0.15) is 11.8 Å². The van der Waals surface area contributed by atoms with E-state index in [4.69, 9.17) is 21.1 Å². The zero-order valence-electron chi connectivity index (χ0n) is 27.9. The fraction of sp³-hybridized carbons (Fsp3) is 0.686. The number of hydrogen-bond donors (Lipinski definition) is 2. The van der Waals surface area contributed by atoms with Crippen LogP contribution in [-0.2, 0) is 19.7 Å². The minimum absolute atomic E-state index is 0.131. The van der Waals surface area contributed by atoms with Crippen LogP contribution in [0, 0.1) is 0 Å². The maximum atomic E-state index is 12.5. The number of esters is 1. The molecule has 0 saturated carbocycles. The van der Waals surface area contributed by atoms with E-state index in [1.165, 1.54) is 77.0 Å². The van der Waals surface area contributed by atoms with Crippen molar-refractivity contribution in [3.05, 3.63) is 35.0 Å². The number of ether oxygens (including phenoxy) is 2. The molecule has 3 aromatic rings. The highest BCUT2D eigenvalue weighted by Gasteiger charge is 2.24. The van der Waals surface area contributed by atoms with E-state index in [0.717, 1.165) is 29.8 Å². The lowest BCUT2D eigenvalue weighted by molar-refractivity contribution is -0.157. The number of hydrogen-bond acceptors (Lipinski definition) is 6. The summed E-state index contributed by atoms with van der Waals surface area (Å²) >= 11 is 6.56. The van der Waals surface area contributed by atoms with Crippen LogP contribution in [-0.4, -0.2) is 45.2 Å². The molecule has 1 atom stereocenters. The molecule has 0 aliphatic carbocycles. The molecule has 0 amide bonds. The summed E-state index contributed by atoms with van der Waals surface area (Å²) in [5, 5.41) is 11.6. The Balaban J connectivity index is 1.26. The largest absolute Gasteiger partial charge is 0.464 e. The van der Waals surface area contributed by atoms with E-state index >= 15 is 0 Å². The summed E-state index contributed by atoms with van der Waals surface area (Å²) in [6.45, 7) is 11.2. The number of nitrogens with zero attached hydrogens (tertiary/aromatic N) is 3. The van der Waals surface area contributed by atoms with Gasteiger partial charge in [0.25, 0.3) is 0 Å². The maximum Gasteiger partial charge on any atom is 0.335 e. The summed E-state index contributed by atoms with van der Waals surface area (Å²) in [6, 6.07) is 7.76. The molecule has 0 bridgehead atoms. The number of halogens is 1. The third-order valence-corrected chi connectivity index (χ3v) is 8.43. The predicted octanol–water partition coefficient (Wildman–Crippen LogP) is 9.86. The van der Waals surface area contributed by atoms with Crippen LogP contribution in [0.2, 0.25) is 5.02 Å². The van der Waals surface area contributed by atoms with Gasteiger partial charge in [-0.05, 0) is 37.1 Å². The van der Waals surface area contributed by atoms with E-state index in [1.807, 2.05) is 31.2 Å². The molecule has 0 radical (unpaired) electrons. The van der Waals surface area contributed by atoms with Gasteiger partial charge in [-0.25, -0.2) is 9.78 Å². The van der Waals surface area contributed by atoms with Gasteiger partial charge in [-0.3, -0.25) is 5.10 Å². The summed E-state index contributed by atoms with van der Waals surface area (Å²) in [7, 11) is 0. The van der Waals surface area contributed by atoms with Gasteiger partial charge >= 0.3 is 5.97 Å². The zero-order chi connectivity index (χ0) is 31.8. The van der Waals surface area contributed by atoms with Gasteiger partial charge in [0.2, 0.25) is 0 Å². The van der Waals surface area contributed by atoms with Crippen LogP contribution in [0.3, 0.4) is 0 Å². The Bertz CT molecular complexity index is 1230. The van der Waals surface area contributed by atoms with Crippen molar-refractivity contribution in [2.24, 2.45) is 0 Å². The minimum atomic E-state index is -0.575. The molecule has 0 fully saturated rings. The van der Waals surface area contributed by atoms with Crippen molar-refractivity contribution >= 4 is 28.9 Å². The number of aromatic nitrogens is 4. The Hall–Kier alpha value is -2.58. The first-order valence-corrected chi connectivity index (χ1v) is 17.4. The number of unbranched alkanes of at least 4 members (excludes halogenated alkanes) is 13. The minimum Gasteiger partial charge on any atom is -0.464 e. The van der Waals surface area contributed by atoms with E-state index in [9.17, 15) is 4.79 Å². The van der Waals surface area contributed by atoms with Crippen LogP contribution in [0.4, 0.5) is 5.69 Å². The first-order chi connectivity index (χ1) is 21.2. The van der Waals surface area contributed by atoms with Crippen molar-refractivity contribution in [2.45, 2.75) is 142 Å². The molecule has 3 rings (SSSR count). The Morgan fingerprint density at radius 3 is 2.00 bits per heavy atom. The molecular weight excluding hydrogens is 574 g/mol. The van der Waals surface area contributed by atoms with Gasteiger partial charge in [-0.15, -0.1) is 5.10 Å². The van der Waals surface area contributed by atoms with Gasteiger partial charge in [-0.2, -0.15) is 4.63 Å². The summed E-state index contributed by atoms with van der Waals surface area (Å²) in [5.74, 6) is 0.309. The van der Waals surface area contributed by atoms with Crippen LogP contribution in [0.1, 0.15) is 137 Å².